The second kappa shape index (κ2) is 7.64. The second-order valence-electron chi connectivity index (χ2n) is 7.18. The van der Waals surface area contributed by atoms with Gasteiger partial charge in [0.2, 0.25) is 5.58 Å². The van der Waals surface area contributed by atoms with Crippen molar-refractivity contribution >= 4 is 40.1 Å². The Morgan fingerprint density at radius 1 is 1.26 bits per heavy atom. The molecule has 0 spiro atoms. The van der Waals surface area contributed by atoms with E-state index in [9.17, 15) is 0 Å². The van der Waals surface area contributed by atoms with E-state index < -0.39 is 0 Å². The molecule has 5 nitrogen and oxygen atoms in total. The van der Waals surface area contributed by atoms with E-state index in [4.69, 9.17) is 27.7 Å². The Morgan fingerprint density at radius 3 is 2.78 bits per heavy atom. The van der Waals surface area contributed by atoms with Crippen molar-refractivity contribution in [2.24, 2.45) is 5.92 Å². The molecule has 0 radical (unpaired) electrons. The fraction of sp³-hybridized carbons (Fsp3) is 0.450. The van der Waals surface area contributed by atoms with Crippen LogP contribution in [-0.2, 0) is 0 Å². The molecular formula is C20H22Cl2N4O. The van der Waals surface area contributed by atoms with Gasteiger partial charge in [0, 0.05) is 16.6 Å². The zero-order valence-corrected chi connectivity index (χ0v) is 16.9. The van der Waals surface area contributed by atoms with Crippen molar-refractivity contribution in [3.63, 3.8) is 0 Å². The van der Waals surface area contributed by atoms with Gasteiger partial charge in [-0.3, -0.25) is 0 Å². The summed E-state index contributed by atoms with van der Waals surface area (Å²) in [4.78, 5) is 9.16. The van der Waals surface area contributed by atoms with Crippen LogP contribution in [0.3, 0.4) is 0 Å². The molecule has 0 amide bonds. The predicted octanol–water partition coefficient (Wildman–Crippen LogP) is 6.28. The minimum Gasteiger partial charge on any atom is -0.364 e. The maximum absolute atomic E-state index is 6.37. The number of nitrogens with one attached hydrogen (secondary N) is 1. The van der Waals surface area contributed by atoms with Gasteiger partial charge in [0.05, 0.1) is 5.02 Å². The Morgan fingerprint density at radius 2 is 2.07 bits per heavy atom. The quantitative estimate of drug-likeness (QED) is 0.501. The molecule has 1 aromatic carbocycles. The van der Waals surface area contributed by atoms with Gasteiger partial charge in [-0.05, 0) is 50.3 Å². The highest BCUT2D eigenvalue weighted by molar-refractivity contribution is 6.36. The van der Waals surface area contributed by atoms with E-state index in [1.807, 2.05) is 13.0 Å². The summed E-state index contributed by atoms with van der Waals surface area (Å²) in [5.74, 6) is 2.11. The summed E-state index contributed by atoms with van der Waals surface area (Å²) < 4.78 is 5.65. The van der Waals surface area contributed by atoms with Gasteiger partial charge in [0.1, 0.15) is 17.0 Å². The number of benzene rings is 1. The van der Waals surface area contributed by atoms with Crippen molar-refractivity contribution in [2.75, 3.05) is 5.32 Å². The number of rotatable bonds is 7. The lowest BCUT2D eigenvalue weighted by molar-refractivity contribution is 0.458. The van der Waals surface area contributed by atoms with Crippen molar-refractivity contribution in [2.45, 2.75) is 52.0 Å². The molecule has 142 valence electrons. The van der Waals surface area contributed by atoms with E-state index in [-0.39, 0.29) is 0 Å². The molecule has 2 aromatic heterocycles. The van der Waals surface area contributed by atoms with E-state index in [0.29, 0.717) is 44.5 Å². The average Bonchev–Trinajstić information content (AvgIpc) is 3.39. The van der Waals surface area contributed by atoms with Gasteiger partial charge >= 0.3 is 0 Å². The highest BCUT2D eigenvalue weighted by atomic mass is 35.5. The van der Waals surface area contributed by atoms with Crippen molar-refractivity contribution in [3.8, 4) is 11.3 Å². The number of hydrogen-bond donors (Lipinski definition) is 1. The van der Waals surface area contributed by atoms with Gasteiger partial charge in [-0.15, -0.1) is 0 Å². The molecule has 1 N–H and O–H groups in total. The fourth-order valence-corrected chi connectivity index (χ4v) is 3.92. The van der Waals surface area contributed by atoms with Crippen LogP contribution in [0.5, 0.6) is 0 Å². The van der Waals surface area contributed by atoms with Gasteiger partial charge in [-0.2, -0.15) is 0 Å². The summed E-state index contributed by atoms with van der Waals surface area (Å²) in [6.45, 7) is 4.10. The van der Waals surface area contributed by atoms with Gasteiger partial charge in [0.15, 0.2) is 5.82 Å². The summed E-state index contributed by atoms with van der Waals surface area (Å²) in [7, 11) is 0. The van der Waals surface area contributed by atoms with Crippen LogP contribution in [0, 0.1) is 12.8 Å². The summed E-state index contributed by atoms with van der Waals surface area (Å²) in [6.07, 6.45) is 6.07. The van der Waals surface area contributed by atoms with Crippen LogP contribution in [0.25, 0.3) is 22.4 Å². The van der Waals surface area contributed by atoms with Crippen LogP contribution in [0.1, 0.15) is 44.9 Å². The number of unbranched alkanes of at least 4 members (excludes halogenated alkanes) is 1. The van der Waals surface area contributed by atoms with Crippen LogP contribution in [-0.4, -0.2) is 21.2 Å². The lowest BCUT2D eigenvalue weighted by Crippen LogP contribution is -2.22. The molecule has 1 aliphatic carbocycles. The molecule has 1 saturated carbocycles. The Bertz CT molecular complexity index is 968. The number of aryl methyl sites for hydroxylation is 1. The molecular weight excluding hydrogens is 383 g/mol. The van der Waals surface area contributed by atoms with Crippen molar-refractivity contribution in [1.82, 2.24) is 15.1 Å². The maximum atomic E-state index is 6.37. The van der Waals surface area contributed by atoms with Gasteiger partial charge in [-0.1, -0.05) is 48.1 Å². The number of nitrogens with zero attached hydrogens (tertiary/aromatic N) is 3. The third-order valence-electron chi connectivity index (χ3n) is 5.00. The highest BCUT2D eigenvalue weighted by Crippen LogP contribution is 2.39. The zero-order valence-electron chi connectivity index (χ0n) is 15.4. The maximum Gasteiger partial charge on any atom is 0.228 e. The van der Waals surface area contributed by atoms with Crippen LogP contribution >= 0.6 is 23.2 Å². The predicted molar refractivity (Wildman–Crippen MR) is 109 cm³/mol. The molecule has 0 saturated heterocycles. The van der Waals surface area contributed by atoms with Crippen molar-refractivity contribution in [3.05, 3.63) is 34.1 Å². The minimum absolute atomic E-state index is 0.412. The largest absolute Gasteiger partial charge is 0.364 e. The molecule has 27 heavy (non-hydrogen) atoms. The molecule has 0 aliphatic heterocycles. The van der Waals surface area contributed by atoms with Crippen LogP contribution in [0.2, 0.25) is 10.0 Å². The second-order valence-corrected chi connectivity index (χ2v) is 8.03. The number of anilines is 1. The molecule has 1 unspecified atom stereocenters. The Balaban J connectivity index is 1.73. The molecule has 0 bridgehead atoms. The molecule has 7 heteroatoms. The molecule has 1 atom stereocenters. The minimum atomic E-state index is 0.412. The zero-order chi connectivity index (χ0) is 19.0. The molecule has 1 aliphatic rings. The van der Waals surface area contributed by atoms with E-state index >= 15 is 0 Å². The molecule has 2 heterocycles. The van der Waals surface area contributed by atoms with Gasteiger partial charge in [-0.25, -0.2) is 9.97 Å². The van der Waals surface area contributed by atoms with Crippen LogP contribution in [0.15, 0.2) is 22.7 Å². The van der Waals surface area contributed by atoms with E-state index in [0.717, 1.165) is 17.9 Å². The standard InChI is InChI=1S/C20H22Cl2N4O/c1-3-4-5-16(12-6-7-12)25-20-19-18(23-11(2)24-20)17(26-27-19)14-9-8-13(21)10-15(14)22/h8-10,12,16H,3-7H2,1-2H3,(H,23,24,25). The first-order chi connectivity index (χ1) is 13.1. The first-order valence-electron chi connectivity index (χ1n) is 9.42. The average molecular weight is 405 g/mol. The molecule has 3 aromatic rings. The third-order valence-corrected chi connectivity index (χ3v) is 5.55. The normalized spacial score (nSPS) is 15.3. The number of halogens is 2. The smallest absolute Gasteiger partial charge is 0.228 e. The Labute approximate surface area is 168 Å². The number of hydrogen-bond acceptors (Lipinski definition) is 5. The number of aromatic nitrogens is 3. The number of fused-ring (bicyclic) bond motifs is 1. The summed E-state index contributed by atoms with van der Waals surface area (Å²) in [5.41, 5.74) is 2.59. The van der Waals surface area contributed by atoms with Crippen molar-refractivity contribution < 1.29 is 4.52 Å². The Hall–Kier alpha value is -1.85. The third kappa shape index (κ3) is 3.90. The first kappa shape index (κ1) is 18.5. The lowest BCUT2D eigenvalue weighted by atomic mass is 10.1. The van der Waals surface area contributed by atoms with Crippen LogP contribution < -0.4 is 5.32 Å². The van der Waals surface area contributed by atoms with Gasteiger partial charge in [0.25, 0.3) is 0 Å². The Kier molecular flexibility index (Phi) is 5.24. The van der Waals surface area contributed by atoms with Crippen molar-refractivity contribution in [1.29, 1.82) is 0 Å². The summed E-state index contributed by atoms with van der Waals surface area (Å²) >= 11 is 12.4. The lowest BCUT2D eigenvalue weighted by Gasteiger charge is -2.18. The summed E-state index contributed by atoms with van der Waals surface area (Å²) in [5, 5.41) is 8.94. The van der Waals surface area contributed by atoms with E-state index in [2.05, 4.69) is 27.4 Å². The monoisotopic (exact) mass is 404 g/mol. The van der Waals surface area contributed by atoms with Crippen LogP contribution in [0.4, 0.5) is 5.82 Å². The summed E-state index contributed by atoms with van der Waals surface area (Å²) in [6, 6.07) is 5.72. The van der Waals surface area contributed by atoms with Gasteiger partial charge < -0.3 is 9.84 Å². The highest BCUT2D eigenvalue weighted by Gasteiger charge is 2.32. The topological polar surface area (TPSA) is 63.8 Å². The van der Waals surface area contributed by atoms with E-state index in [1.54, 1.807) is 12.1 Å². The molecule has 1 fully saturated rings. The SMILES string of the molecule is CCCCC(Nc1nc(C)nc2c(-c3ccc(Cl)cc3Cl)noc12)C1CC1. The molecule has 4 rings (SSSR count). The first-order valence-corrected chi connectivity index (χ1v) is 10.2. The fourth-order valence-electron chi connectivity index (χ4n) is 3.42. The van der Waals surface area contributed by atoms with E-state index in [1.165, 1.54) is 25.7 Å².